The molecule has 0 spiro atoms. The van der Waals surface area contributed by atoms with Gasteiger partial charge >= 0.3 is 6.03 Å². The Morgan fingerprint density at radius 1 is 1.10 bits per heavy atom. The number of nitrogens with one attached hydrogen (secondary N) is 2. The highest BCUT2D eigenvalue weighted by Crippen LogP contribution is 2.38. The quantitative estimate of drug-likeness (QED) is 0.481. The molecule has 0 fully saturated rings. The summed E-state index contributed by atoms with van der Waals surface area (Å²) in [7, 11) is 0. The lowest BCUT2D eigenvalue weighted by atomic mass is 10.00. The number of hydrogen-bond donors (Lipinski definition) is 3. The van der Waals surface area contributed by atoms with Gasteiger partial charge in [-0.25, -0.2) is 4.79 Å². The van der Waals surface area contributed by atoms with Gasteiger partial charge in [0.1, 0.15) is 12.4 Å². The van der Waals surface area contributed by atoms with E-state index in [1.165, 1.54) is 0 Å². The maximum atomic E-state index is 12.8. The Hall–Kier alpha value is -4.00. The molecule has 1 aromatic heterocycles. The van der Waals surface area contributed by atoms with E-state index in [-0.39, 0.29) is 6.03 Å². The second-order valence-corrected chi connectivity index (χ2v) is 6.82. The number of anilines is 3. The normalized spacial score (nSPS) is 13.0. The third-order valence-electron chi connectivity index (χ3n) is 5.02. The molecule has 0 saturated heterocycles. The molecule has 29 heavy (non-hydrogen) atoms. The summed E-state index contributed by atoms with van der Waals surface area (Å²) in [6.45, 7) is 0.909. The van der Waals surface area contributed by atoms with E-state index in [4.69, 9.17) is 10.5 Å². The van der Waals surface area contributed by atoms with Gasteiger partial charge in [0.25, 0.3) is 0 Å². The average molecular weight is 385 g/mol. The first-order chi connectivity index (χ1) is 14.2. The van der Waals surface area contributed by atoms with Crippen molar-refractivity contribution in [3.8, 4) is 16.9 Å². The van der Waals surface area contributed by atoms with Crippen molar-refractivity contribution in [1.82, 2.24) is 10.2 Å². The standard InChI is InChI=1S/C22H19N5O2/c23-21-20-16(7-4-8-17(20)25-26-21)14-9-10-18-19(13-14)29-12-11-27(18)22(28)24-15-5-2-1-3-6-15/h1-10,13H,11-12H2,(H,24,28)(H3,23,25,26). The fraction of sp³-hybridized carbons (Fsp3) is 0.0909. The molecule has 7 nitrogen and oxygen atoms in total. The minimum atomic E-state index is -0.185. The number of nitrogens with two attached hydrogens (primary N) is 1. The van der Waals surface area contributed by atoms with Crippen molar-refractivity contribution in [2.24, 2.45) is 0 Å². The largest absolute Gasteiger partial charge is 0.490 e. The molecule has 0 radical (unpaired) electrons. The Morgan fingerprint density at radius 2 is 1.97 bits per heavy atom. The van der Waals surface area contributed by atoms with E-state index in [1.807, 2.05) is 66.7 Å². The van der Waals surface area contributed by atoms with Gasteiger partial charge in [0, 0.05) is 5.69 Å². The second-order valence-electron chi connectivity index (χ2n) is 6.82. The van der Waals surface area contributed by atoms with Crippen LogP contribution in [-0.4, -0.2) is 29.4 Å². The summed E-state index contributed by atoms with van der Waals surface area (Å²) in [5, 5.41) is 10.8. The fourth-order valence-corrected chi connectivity index (χ4v) is 3.65. The van der Waals surface area contributed by atoms with Crippen LogP contribution >= 0.6 is 0 Å². The lowest BCUT2D eigenvalue weighted by Gasteiger charge is -2.30. The zero-order valence-electron chi connectivity index (χ0n) is 15.6. The molecular weight excluding hydrogens is 366 g/mol. The number of rotatable bonds is 2. The van der Waals surface area contributed by atoms with Crippen LogP contribution in [-0.2, 0) is 0 Å². The van der Waals surface area contributed by atoms with Gasteiger partial charge in [0.2, 0.25) is 0 Å². The predicted octanol–water partition coefficient (Wildman–Crippen LogP) is 4.24. The number of carbonyl (C=O) groups excluding carboxylic acids is 1. The zero-order chi connectivity index (χ0) is 19.8. The molecule has 5 rings (SSSR count). The summed E-state index contributed by atoms with van der Waals surface area (Å²) < 4.78 is 5.86. The van der Waals surface area contributed by atoms with Crippen LogP contribution < -0.4 is 20.7 Å². The molecule has 0 aliphatic carbocycles. The third kappa shape index (κ3) is 3.02. The van der Waals surface area contributed by atoms with Gasteiger partial charge in [-0.15, -0.1) is 0 Å². The number of aromatic nitrogens is 2. The van der Waals surface area contributed by atoms with Crippen molar-refractivity contribution in [1.29, 1.82) is 0 Å². The van der Waals surface area contributed by atoms with Gasteiger partial charge in [-0.1, -0.05) is 36.4 Å². The van der Waals surface area contributed by atoms with E-state index in [0.29, 0.717) is 24.7 Å². The molecule has 1 aliphatic heterocycles. The van der Waals surface area contributed by atoms with Crippen LogP contribution in [0.15, 0.2) is 66.7 Å². The summed E-state index contributed by atoms with van der Waals surface area (Å²) in [5.41, 5.74) is 10.3. The number of nitrogen functional groups attached to an aromatic ring is 1. The van der Waals surface area contributed by atoms with Crippen LogP contribution in [0.3, 0.4) is 0 Å². The van der Waals surface area contributed by atoms with Crippen molar-refractivity contribution in [2.45, 2.75) is 0 Å². The van der Waals surface area contributed by atoms with Crippen LogP contribution in [0.4, 0.5) is 22.0 Å². The SMILES string of the molecule is Nc1n[nH]c2cccc(-c3ccc4c(c3)OCCN4C(=O)Nc3ccccc3)c12. The van der Waals surface area contributed by atoms with Gasteiger partial charge in [0.05, 0.1) is 23.1 Å². The van der Waals surface area contributed by atoms with Crippen molar-refractivity contribution in [3.63, 3.8) is 0 Å². The Bertz CT molecular complexity index is 1200. The molecule has 0 bridgehead atoms. The highest BCUT2D eigenvalue weighted by atomic mass is 16.5. The second kappa shape index (κ2) is 6.87. The highest BCUT2D eigenvalue weighted by molar-refractivity contribution is 6.04. The molecule has 0 saturated carbocycles. The molecule has 2 heterocycles. The van der Waals surface area contributed by atoms with Crippen LogP contribution in [0.2, 0.25) is 0 Å². The van der Waals surface area contributed by atoms with Gasteiger partial charge in [-0.3, -0.25) is 10.00 Å². The number of para-hydroxylation sites is 1. The first kappa shape index (κ1) is 17.1. The highest BCUT2D eigenvalue weighted by Gasteiger charge is 2.24. The minimum Gasteiger partial charge on any atom is -0.490 e. The summed E-state index contributed by atoms with van der Waals surface area (Å²) in [5.74, 6) is 1.12. The molecule has 0 atom stereocenters. The van der Waals surface area contributed by atoms with Crippen molar-refractivity contribution < 1.29 is 9.53 Å². The maximum absolute atomic E-state index is 12.8. The Labute approximate surface area is 167 Å². The lowest BCUT2D eigenvalue weighted by Crippen LogP contribution is -2.40. The van der Waals surface area contributed by atoms with Crippen LogP contribution in [0.5, 0.6) is 5.75 Å². The first-order valence-electron chi connectivity index (χ1n) is 9.34. The molecule has 0 unspecified atom stereocenters. The lowest BCUT2D eigenvalue weighted by molar-refractivity contribution is 0.250. The topological polar surface area (TPSA) is 96.3 Å². The van der Waals surface area contributed by atoms with Gasteiger partial charge < -0.3 is 15.8 Å². The summed E-state index contributed by atoms with van der Waals surface area (Å²) in [4.78, 5) is 14.5. The number of benzene rings is 3. The molecule has 7 heteroatoms. The van der Waals surface area contributed by atoms with E-state index in [1.54, 1.807) is 4.90 Å². The van der Waals surface area contributed by atoms with Crippen molar-refractivity contribution in [3.05, 3.63) is 66.7 Å². The summed E-state index contributed by atoms with van der Waals surface area (Å²) in [6.07, 6.45) is 0. The monoisotopic (exact) mass is 385 g/mol. The van der Waals surface area contributed by atoms with Gasteiger partial charge in [0.15, 0.2) is 5.82 Å². The Kier molecular flexibility index (Phi) is 4.05. The van der Waals surface area contributed by atoms with Crippen molar-refractivity contribution in [2.75, 3.05) is 29.1 Å². The fourth-order valence-electron chi connectivity index (χ4n) is 3.65. The van der Waals surface area contributed by atoms with Crippen LogP contribution in [0.25, 0.3) is 22.0 Å². The zero-order valence-corrected chi connectivity index (χ0v) is 15.6. The molecular formula is C22H19N5O2. The van der Waals surface area contributed by atoms with Crippen LogP contribution in [0.1, 0.15) is 0 Å². The Morgan fingerprint density at radius 3 is 2.83 bits per heavy atom. The number of nitrogens with zero attached hydrogens (tertiary/aromatic N) is 2. The molecule has 144 valence electrons. The van der Waals surface area contributed by atoms with Crippen LogP contribution in [0, 0.1) is 0 Å². The Balaban J connectivity index is 1.50. The van der Waals surface area contributed by atoms with E-state index >= 15 is 0 Å². The molecule has 4 N–H and O–H groups in total. The molecule has 1 aliphatic rings. The predicted molar refractivity (Wildman–Crippen MR) is 114 cm³/mol. The maximum Gasteiger partial charge on any atom is 0.326 e. The van der Waals surface area contributed by atoms with E-state index < -0.39 is 0 Å². The van der Waals surface area contributed by atoms with Gasteiger partial charge in [-0.05, 0) is 41.5 Å². The number of urea groups is 1. The number of H-pyrrole nitrogens is 1. The number of fused-ring (bicyclic) bond motifs is 2. The van der Waals surface area contributed by atoms with E-state index in [0.717, 1.165) is 33.4 Å². The van der Waals surface area contributed by atoms with E-state index in [2.05, 4.69) is 15.5 Å². The number of aromatic amines is 1. The smallest absolute Gasteiger partial charge is 0.326 e. The number of carbonyl (C=O) groups is 1. The molecule has 4 aromatic rings. The van der Waals surface area contributed by atoms with Crippen molar-refractivity contribution >= 4 is 34.1 Å². The molecule has 2 amide bonds. The average Bonchev–Trinajstić information content (AvgIpc) is 3.14. The first-order valence-corrected chi connectivity index (χ1v) is 9.34. The number of hydrogen-bond acceptors (Lipinski definition) is 4. The van der Waals surface area contributed by atoms with E-state index in [9.17, 15) is 4.79 Å². The number of ether oxygens (including phenoxy) is 1. The molecule has 3 aromatic carbocycles. The number of amides is 2. The van der Waals surface area contributed by atoms with Gasteiger partial charge in [-0.2, -0.15) is 5.10 Å². The third-order valence-corrected chi connectivity index (χ3v) is 5.02. The summed E-state index contributed by atoms with van der Waals surface area (Å²) in [6, 6.07) is 20.9. The summed E-state index contributed by atoms with van der Waals surface area (Å²) >= 11 is 0. The minimum absolute atomic E-state index is 0.185.